The van der Waals surface area contributed by atoms with Gasteiger partial charge in [-0.05, 0) is 24.4 Å². The average Bonchev–Trinajstić information content (AvgIpc) is 2.55. The summed E-state index contributed by atoms with van der Waals surface area (Å²) < 4.78 is 4.98. The van der Waals surface area contributed by atoms with Gasteiger partial charge in [-0.2, -0.15) is 0 Å². The number of amides is 1. The highest BCUT2D eigenvalue weighted by Crippen LogP contribution is 2.18. The number of ether oxygens (including phenoxy) is 1. The number of rotatable bonds is 4. The van der Waals surface area contributed by atoms with Gasteiger partial charge in [-0.15, -0.1) is 0 Å². The maximum atomic E-state index is 12.5. The van der Waals surface area contributed by atoms with Crippen LogP contribution >= 0.6 is 23.8 Å². The lowest BCUT2D eigenvalue weighted by Crippen LogP contribution is -2.53. The van der Waals surface area contributed by atoms with Crippen LogP contribution < -0.4 is 5.32 Å². The van der Waals surface area contributed by atoms with E-state index in [2.05, 4.69) is 10.2 Å². The highest BCUT2D eigenvalue weighted by Gasteiger charge is 2.24. The maximum Gasteiger partial charge on any atom is 0.255 e. The molecule has 22 heavy (non-hydrogen) atoms. The number of carbonyl (C=O) groups is 1. The summed E-state index contributed by atoms with van der Waals surface area (Å²) in [6.07, 6.45) is 0. The molecule has 1 aromatic carbocycles. The largest absolute Gasteiger partial charge is 0.383 e. The van der Waals surface area contributed by atoms with Gasteiger partial charge in [0.05, 0.1) is 17.2 Å². The van der Waals surface area contributed by atoms with E-state index in [1.54, 1.807) is 19.2 Å². The van der Waals surface area contributed by atoms with Crippen LogP contribution in [0.4, 0.5) is 0 Å². The third-order valence-corrected chi connectivity index (χ3v) is 4.27. The van der Waals surface area contributed by atoms with Gasteiger partial charge in [0, 0.05) is 39.8 Å². The van der Waals surface area contributed by atoms with E-state index >= 15 is 0 Å². The number of hydrogen-bond donors (Lipinski definition) is 1. The first-order valence-corrected chi connectivity index (χ1v) is 7.97. The van der Waals surface area contributed by atoms with Crippen molar-refractivity contribution in [2.45, 2.75) is 0 Å². The minimum atomic E-state index is -0.0245. The lowest BCUT2D eigenvalue weighted by atomic mass is 10.2. The van der Waals surface area contributed by atoms with Gasteiger partial charge in [-0.1, -0.05) is 23.7 Å². The van der Waals surface area contributed by atoms with Gasteiger partial charge in [-0.3, -0.25) is 4.79 Å². The summed E-state index contributed by atoms with van der Waals surface area (Å²) in [6, 6.07) is 7.14. The van der Waals surface area contributed by atoms with E-state index in [0.29, 0.717) is 41.9 Å². The Labute approximate surface area is 141 Å². The van der Waals surface area contributed by atoms with Crippen LogP contribution in [0.15, 0.2) is 24.3 Å². The van der Waals surface area contributed by atoms with Crippen LogP contribution in [0, 0.1) is 0 Å². The van der Waals surface area contributed by atoms with Crippen LogP contribution in [-0.4, -0.2) is 67.3 Å². The van der Waals surface area contributed by atoms with Crippen molar-refractivity contribution < 1.29 is 9.53 Å². The quantitative estimate of drug-likeness (QED) is 0.666. The Morgan fingerprint density at radius 1 is 1.27 bits per heavy atom. The zero-order chi connectivity index (χ0) is 15.9. The molecule has 0 saturated carbocycles. The molecule has 0 spiro atoms. The molecular weight excluding hydrogens is 322 g/mol. The number of nitrogens with zero attached hydrogens (tertiary/aromatic N) is 2. The van der Waals surface area contributed by atoms with E-state index in [1.807, 2.05) is 17.0 Å². The molecule has 120 valence electrons. The Kier molecular flexibility index (Phi) is 6.42. The van der Waals surface area contributed by atoms with Crippen molar-refractivity contribution in [1.29, 1.82) is 0 Å². The smallest absolute Gasteiger partial charge is 0.255 e. The third-order valence-electron chi connectivity index (χ3n) is 3.54. The fourth-order valence-corrected chi connectivity index (χ4v) is 2.79. The van der Waals surface area contributed by atoms with Gasteiger partial charge in [0.15, 0.2) is 5.11 Å². The Bertz CT molecular complexity index is 533. The summed E-state index contributed by atoms with van der Waals surface area (Å²) >= 11 is 11.4. The molecule has 7 heteroatoms. The number of halogens is 1. The Balaban J connectivity index is 1.85. The van der Waals surface area contributed by atoms with Crippen LogP contribution in [0.5, 0.6) is 0 Å². The molecule has 0 aromatic heterocycles. The van der Waals surface area contributed by atoms with E-state index in [1.165, 1.54) is 0 Å². The van der Waals surface area contributed by atoms with Crippen LogP contribution in [0.2, 0.25) is 5.02 Å². The van der Waals surface area contributed by atoms with E-state index < -0.39 is 0 Å². The predicted octanol–water partition coefficient (Wildman–Crippen LogP) is 1.62. The summed E-state index contributed by atoms with van der Waals surface area (Å²) in [5, 5.41) is 4.35. The highest BCUT2D eigenvalue weighted by molar-refractivity contribution is 7.80. The van der Waals surface area contributed by atoms with Crippen LogP contribution in [0.3, 0.4) is 0 Å². The molecule has 0 aliphatic carbocycles. The van der Waals surface area contributed by atoms with Crippen molar-refractivity contribution in [2.75, 3.05) is 46.4 Å². The molecule has 1 saturated heterocycles. The molecule has 5 nitrogen and oxygen atoms in total. The zero-order valence-electron chi connectivity index (χ0n) is 12.5. The molecule has 1 heterocycles. The van der Waals surface area contributed by atoms with E-state index in [4.69, 9.17) is 28.6 Å². The zero-order valence-corrected chi connectivity index (χ0v) is 14.1. The fraction of sp³-hybridized carbons (Fsp3) is 0.467. The molecule has 1 aromatic rings. The molecule has 0 radical (unpaired) electrons. The number of hydrogen-bond acceptors (Lipinski definition) is 3. The number of piperazine rings is 1. The third kappa shape index (κ3) is 4.32. The Morgan fingerprint density at radius 3 is 2.55 bits per heavy atom. The molecule has 0 atom stereocenters. The Hall–Kier alpha value is -1.37. The van der Waals surface area contributed by atoms with E-state index in [0.717, 1.165) is 13.1 Å². The number of carbonyl (C=O) groups excluding carboxylic acids is 1. The minimum absolute atomic E-state index is 0.0245. The number of thiocarbonyl (C=S) groups is 1. The lowest BCUT2D eigenvalue weighted by molar-refractivity contribution is 0.0691. The highest BCUT2D eigenvalue weighted by atomic mass is 35.5. The van der Waals surface area contributed by atoms with Crippen molar-refractivity contribution in [2.24, 2.45) is 0 Å². The van der Waals surface area contributed by atoms with E-state index in [-0.39, 0.29) is 5.91 Å². The number of nitrogens with one attached hydrogen (secondary N) is 1. The van der Waals surface area contributed by atoms with Gasteiger partial charge in [-0.25, -0.2) is 0 Å². The van der Waals surface area contributed by atoms with Crippen molar-refractivity contribution in [3.63, 3.8) is 0 Å². The average molecular weight is 342 g/mol. The van der Waals surface area contributed by atoms with Gasteiger partial charge in [0.25, 0.3) is 5.91 Å². The van der Waals surface area contributed by atoms with Crippen molar-refractivity contribution in [3.8, 4) is 0 Å². The summed E-state index contributed by atoms with van der Waals surface area (Å²) in [5.41, 5.74) is 0.554. The second-order valence-corrected chi connectivity index (χ2v) is 5.78. The van der Waals surface area contributed by atoms with E-state index in [9.17, 15) is 4.79 Å². The first kappa shape index (κ1) is 17.0. The molecular formula is C15H20ClN3O2S. The molecule has 1 aliphatic rings. The first-order valence-electron chi connectivity index (χ1n) is 7.19. The van der Waals surface area contributed by atoms with Crippen LogP contribution in [0.25, 0.3) is 0 Å². The molecule has 0 unspecified atom stereocenters. The summed E-state index contributed by atoms with van der Waals surface area (Å²) in [4.78, 5) is 16.4. The van der Waals surface area contributed by atoms with Gasteiger partial charge in [0.1, 0.15) is 0 Å². The standard InChI is InChI=1S/C15H20ClN3O2S/c1-21-11-6-17-15(22)19-9-7-18(8-10-19)14(20)12-4-2-3-5-13(12)16/h2-5H,6-11H2,1H3,(H,17,22). The lowest BCUT2D eigenvalue weighted by Gasteiger charge is -2.36. The normalized spacial score (nSPS) is 14.8. The monoisotopic (exact) mass is 341 g/mol. The topological polar surface area (TPSA) is 44.8 Å². The van der Waals surface area contributed by atoms with Gasteiger partial charge in [0.2, 0.25) is 0 Å². The van der Waals surface area contributed by atoms with Crippen molar-refractivity contribution in [1.82, 2.24) is 15.1 Å². The summed E-state index contributed by atoms with van der Waals surface area (Å²) in [6.45, 7) is 4.01. The second kappa shape index (κ2) is 8.31. The van der Waals surface area contributed by atoms with Crippen LogP contribution in [-0.2, 0) is 4.74 Å². The Morgan fingerprint density at radius 2 is 1.91 bits per heavy atom. The fourth-order valence-electron chi connectivity index (χ4n) is 2.29. The predicted molar refractivity (Wildman–Crippen MR) is 91.4 cm³/mol. The first-order chi connectivity index (χ1) is 10.6. The molecule has 2 rings (SSSR count). The maximum absolute atomic E-state index is 12.5. The summed E-state index contributed by atoms with van der Waals surface area (Å²) in [5.74, 6) is -0.0245. The second-order valence-electron chi connectivity index (χ2n) is 4.98. The van der Waals surface area contributed by atoms with Gasteiger partial charge < -0.3 is 19.9 Å². The molecule has 0 bridgehead atoms. The molecule has 1 N–H and O–H groups in total. The number of methoxy groups -OCH3 is 1. The minimum Gasteiger partial charge on any atom is -0.383 e. The molecule has 1 amide bonds. The summed E-state index contributed by atoms with van der Waals surface area (Å²) in [7, 11) is 1.66. The van der Waals surface area contributed by atoms with Crippen molar-refractivity contribution >= 4 is 34.8 Å². The van der Waals surface area contributed by atoms with Crippen molar-refractivity contribution in [3.05, 3.63) is 34.9 Å². The SMILES string of the molecule is COCCNC(=S)N1CCN(C(=O)c2ccccc2Cl)CC1. The molecule has 1 aliphatic heterocycles. The molecule has 1 fully saturated rings. The van der Waals surface area contributed by atoms with Crippen LogP contribution in [0.1, 0.15) is 10.4 Å². The van der Waals surface area contributed by atoms with Gasteiger partial charge >= 0.3 is 0 Å². The number of benzene rings is 1.